The van der Waals surface area contributed by atoms with Crippen LogP contribution >= 0.6 is 0 Å². The molecule has 4 aromatic rings. The van der Waals surface area contributed by atoms with Gasteiger partial charge in [-0.15, -0.1) is 0 Å². The van der Waals surface area contributed by atoms with E-state index < -0.39 is 23.3 Å². The van der Waals surface area contributed by atoms with Crippen LogP contribution in [0.5, 0.6) is 11.6 Å². The van der Waals surface area contributed by atoms with Crippen LogP contribution < -0.4 is 15.4 Å². The average Bonchev–Trinajstić information content (AvgIpc) is 3.28. The number of halogens is 1. The number of ether oxygens (including phenoxy) is 1. The number of imide groups is 1. The number of aromatic hydroxyl groups is 1. The van der Waals surface area contributed by atoms with Gasteiger partial charge >= 0.3 is 6.03 Å². The molecule has 8 nitrogen and oxygen atoms in total. The minimum absolute atomic E-state index is 0.0701. The smallest absolute Gasteiger partial charge is 0.322 e. The molecular weight excluding hydrogens is 427 g/mol. The predicted octanol–water partition coefficient (Wildman–Crippen LogP) is 3.19. The zero-order valence-corrected chi connectivity index (χ0v) is 17.3. The van der Waals surface area contributed by atoms with Gasteiger partial charge in [0.2, 0.25) is 0 Å². The van der Waals surface area contributed by atoms with Crippen LogP contribution in [0.15, 0.2) is 73.2 Å². The number of rotatable bonds is 6. The molecule has 0 saturated carbocycles. The zero-order chi connectivity index (χ0) is 23.0. The molecule has 9 heteroatoms. The van der Waals surface area contributed by atoms with E-state index in [4.69, 9.17) is 4.74 Å². The lowest BCUT2D eigenvalue weighted by molar-refractivity contribution is -0.124. The minimum Gasteiger partial charge on any atom is -0.494 e. The maximum atomic E-state index is 13.5. The molecule has 1 fully saturated rings. The number of hydrogen-bond acceptors (Lipinski definition) is 5. The van der Waals surface area contributed by atoms with Gasteiger partial charge in [-0.3, -0.25) is 15.1 Å². The Balaban J connectivity index is 1.47. The van der Waals surface area contributed by atoms with E-state index in [0.29, 0.717) is 28.7 Å². The third-order valence-electron chi connectivity index (χ3n) is 5.65. The Bertz CT molecular complexity index is 1350. The SMILES string of the molecule is O=C1NC(=O)[C@](Cn2cc3cc(OCc4cccnc4)ccc3c2O)(c2ccc(F)cc2)N1. The molecule has 1 aliphatic rings. The first-order valence-electron chi connectivity index (χ1n) is 10.2. The highest BCUT2D eigenvalue weighted by atomic mass is 19.1. The fourth-order valence-corrected chi connectivity index (χ4v) is 3.98. The molecule has 1 saturated heterocycles. The van der Waals surface area contributed by atoms with Gasteiger partial charge < -0.3 is 19.7 Å². The van der Waals surface area contributed by atoms with E-state index in [1.54, 1.807) is 36.8 Å². The summed E-state index contributed by atoms with van der Waals surface area (Å²) in [4.78, 5) is 28.8. The van der Waals surface area contributed by atoms with Crippen molar-refractivity contribution in [1.29, 1.82) is 0 Å². The van der Waals surface area contributed by atoms with Gasteiger partial charge in [-0.2, -0.15) is 0 Å². The van der Waals surface area contributed by atoms with Crippen molar-refractivity contribution < 1.29 is 23.8 Å². The van der Waals surface area contributed by atoms with Gasteiger partial charge in [0.15, 0.2) is 11.4 Å². The summed E-state index contributed by atoms with van der Waals surface area (Å²) >= 11 is 0. The number of benzene rings is 2. The first-order valence-corrected chi connectivity index (χ1v) is 10.2. The van der Waals surface area contributed by atoms with Crippen LogP contribution in [-0.2, 0) is 23.5 Å². The Morgan fingerprint density at radius 2 is 1.94 bits per heavy atom. The molecule has 2 aromatic carbocycles. The maximum Gasteiger partial charge on any atom is 0.322 e. The van der Waals surface area contributed by atoms with Crippen LogP contribution in [0.4, 0.5) is 9.18 Å². The summed E-state index contributed by atoms with van der Waals surface area (Å²) in [5.74, 6) is -0.522. The number of carbonyl (C=O) groups excluding carboxylic acids is 2. The van der Waals surface area contributed by atoms with Gasteiger partial charge in [-0.05, 0) is 42.0 Å². The first-order chi connectivity index (χ1) is 15.9. The van der Waals surface area contributed by atoms with E-state index in [0.717, 1.165) is 5.56 Å². The summed E-state index contributed by atoms with van der Waals surface area (Å²) in [6, 6.07) is 13.6. The molecule has 3 N–H and O–H groups in total. The highest BCUT2D eigenvalue weighted by Gasteiger charge is 2.48. The summed E-state index contributed by atoms with van der Waals surface area (Å²) < 4.78 is 20.8. The second-order valence-electron chi connectivity index (χ2n) is 7.80. The number of fused-ring (bicyclic) bond motifs is 1. The van der Waals surface area contributed by atoms with Crippen molar-refractivity contribution in [2.45, 2.75) is 18.7 Å². The Kier molecular flexibility index (Phi) is 4.93. The molecule has 3 amide bonds. The number of hydrogen-bond donors (Lipinski definition) is 3. The van der Waals surface area contributed by atoms with Crippen molar-refractivity contribution in [3.05, 3.63) is 90.1 Å². The number of aromatic nitrogens is 2. The van der Waals surface area contributed by atoms with Crippen molar-refractivity contribution in [2.75, 3.05) is 0 Å². The number of pyridine rings is 1. The van der Waals surface area contributed by atoms with Crippen LogP contribution in [0.3, 0.4) is 0 Å². The largest absolute Gasteiger partial charge is 0.494 e. The summed E-state index contributed by atoms with van der Waals surface area (Å²) in [7, 11) is 0. The second kappa shape index (κ2) is 7.94. The van der Waals surface area contributed by atoms with E-state index in [2.05, 4.69) is 15.6 Å². The van der Waals surface area contributed by atoms with Gasteiger partial charge in [0.1, 0.15) is 18.2 Å². The lowest BCUT2D eigenvalue weighted by atomic mass is 9.89. The Morgan fingerprint density at radius 1 is 1.12 bits per heavy atom. The summed E-state index contributed by atoms with van der Waals surface area (Å²) in [6.45, 7) is 0.245. The van der Waals surface area contributed by atoms with Crippen molar-refractivity contribution in [2.24, 2.45) is 0 Å². The summed E-state index contributed by atoms with van der Waals surface area (Å²) in [6.07, 6.45) is 5.08. The van der Waals surface area contributed by atoms with Crippen LogP contribution in [0.25, 0.3) is 10.8 Å². The number of nitrogens with zero attached hydrogens (tertiary/aromatic N) is 2. The van der Waals surface area contributed by atoms with Crippen molar-refractivity contribution in [3.63, 3.8) is 0 Å². The lowest BCUT2D eigenvalue weighted by Crippen LogP contribution is -2.47. The Morgan fingerprint density at radius 3 is 2.64 bits per heavy atom. The molecule has 0 bridgehead atoms. The van der Waals surface area contributed by atoms with E-state index in [1.165, 1.54) is 28.8 Å². The summed E-state index contributed by atoms with van der Waals surface area (Å²) in [5.41, 5.74) is -0.191. The molecule has 0 spiro atoms. The normalized spacial score (nSPS) is 17.7. The van der Waals surface area contributed by atoms with Gasteiger partial charge in [-0.25, -0.2) is 9.18 Å². The molecule has 5 rings (SSSR count). The number of nitrogens with one attached hydrogen (secondary N) is 2. The van der Waals surface area contributed by atoms with E-state index >= 15 is 0 Å². The summed E-state index contributed by atoms with van der Waals surface area (Å²) in [5, 5.41) is 16.9. The van der Waals surface area contributed by atoms with Crippen molar-refractivity contribution >= 4 is 22.7 Å². The molecule has 3 heterocycles. The average molecular weight is 446 g/mol. The zero-order valence-electron chi connectivity index (χ0n) is 17.3. The molecule has 0 aliphatic carbocycles. The monoisotopic (exact) mass is 446 g/mol. The molecular formula is C24H19FN4O4. The third kappa shape index (κ3) is 3.73. The highest BCUT2D eigenvalue weighted by Crippen LogP contribution is 2.34. The fourth-order valence-electron chi connectivity index (χ4n) is 3.98. The van der Waals surface area contributed by atoms with E-state index in [1.807, 2.05) is 12.1 Å². The van der Waals surface area contributed by atoms with Crippen LogP contribution in [-0.4, -0.2) is 26.6 Å². The second-order valence-corrected chi connectivity index (χ2v) is 7.80. The van der Waals surface area contributed by atoms with Crippen LogP contribution in [0.2, 0.25) is 0 Å². The molecule has 1 aliphatic heterocycles. The molecule has 166 valence electrons. The fraction of sp³-hybridized carbons (Fsp3) is 0.125. The van der Waals surface area contributed by atoms with Gasteiger partial charge in [0.05, 0.1) is 6.54 Å². The van der Waals surface area contributed by atoms with Crippen molar-refractivity contribution in [3.8, 4) is 11.6 Å². The molecule has 0 radical (unpaired) electrons. The number of urea groups is 1. The molecule has 0 unspecified atom stereocenters. The van der Waals surface area contributed by atoms with E-state index in [-0.39, 0.29) is 12.4 Å². The highest BCUT2D eigenvalue weighted by molar-refractivity contribution is 6.07. The van der Waals surface area contributed by atoms with Crippen molar-refractivity contribution in [1.82, 2.24) is 20.2 Å². The Labute approximate surface area is 187 Å². The number of carbonyl (C=O) groups is 2. The quantitative estimate of drug-likeness (QED) is 0.395. The molecule has 1 atom stereocenters. The van der Waals surface area contributed by atoms with E-state index in [9.17, 15) is 19.1 Å². The number of amides is 3. The minimum atomic E-state index is -1.50. The van der Waals surface area contributed by atoms with Crippen LogP contribution in [0, 0.1) is 5.82 Å². The Hall–Kier alpha value is -4.40. The standard InChI is InChI=1S/C24H19FN4O4/c25-18-5-3-17(4-6-18)24(22(31)27-23(32)28-24)14-29-12-16-10-19(7-8-20(16)21(29)30)33-13-15-2-1-9-26-11-15/h1-12,30H,13-14H2,(H2,27,28,31,32)/t24-/m0/s1. The van der Waals surface area contributed by atoms with Gasteiger partial charge in [0.25, 0.3) is 5.91 Å². The van der Waals surface area contributed by atoms with Gasteiger partial charge in [-0.1, -0.05) is 18.2 Å². The molecule has 33 heavy (non-hydrogen) atoms. The maximum absolute atomic E-state index is 13.5. The van der Waals surface area contributed by atoms with Gasteiger partial charge in [0, 0.05) is 34.9 Å². The molecule has 2 aromatic heterocycles. The topological polar surface area (TPSA) is 105 Å². The lowest BCUT2D eigenvalue weighted by Gasteiger charge is -2.27. The first kappa shape index (κ1) is 20.5. The van der Waals surface area contributed by atoms with Crippen LogP contribution in [0.1, 0.15) is 11.1 Å². The third-order valence-corrected chi connectivity index (χ3v) is 5.65. The predicted molar refractivity (Wildman–Crippen MR) is 117 cm³/mol.